The van der Waals surface area contributed by atoms with Crippen LogP contribution in [0.25, 0.3) is 86.3 Å². The third kappa shape index (κ3) is 5.24. The summed E-state index contributed by atoms with van der Waals surface area (Å²) in [4.78, 5) is 2.45. The highest BCUT2D eigenvalue weighted by Gasteiger charge is 2.24. The van der Waals surface area contributed by atoms with Crippen molar-refractivity contribution < 1.29 is 4.42 Å². The SMILES string of the molecule is c1ccc(-c2ccc3c(c2)sc2cccc(N(c4ccc(-c5cccc6ccccc56)cc4)c4ccc(-c5ccccc5)c5oc6ccccc6c45)c23)cc1. The normalized spacial score (nSPS) is 11.6. The Labute approximate surface area is 322 Å². The zero-order valence-electron chi connectivity index (χ0n) is 29.8. The fourth-order valence-electron chi connectivity index (χ4n) is 8.32. The average Bonchev–Trinajstić information content (AvgIpc) is 3.84. The lowest BCUT2D eigenvalue weighted by Crippen LogP contribution is -2.11. The van der Waals surface area contributed by atoms with Gasteiger partial charge in [0.05, 0.1) is 16.8 Å². The second-order valence-electron chi connectivity index (χ2n) is 14.0. The van der Waals surface area contributed by atoms with Crippen LogP contribution in [-0.4, -0.2) is 0 Å². The van der Waals surface area contributed by atoms with Crippen molar-refractivity contribution >= 4 is 81.3 Å². The van der Waals surface area contributed by atoms with Crippen molar-refractivity contribution in [1.82, 2.24) is 0 Å². The number of para-hydroxylation sites is 1. The van der Waals surface area contributed by atoms with Gasteiger partial charge < -0.3 is 9.32 Å². The first-order valence-electron chi connectivity index (χ1n) is 18.7. The van der Waals surface area contributed by atoms with Crippen LogP contribution in [0.1, 0.15) is 0 Å². The Bertz CT molecular complexity index is 3190. The van der Waals surface area contributed by atoms with Gasteiger partial charge in [-0.1, -0.05) is 152 Å². The number of nitrogens with zero attached hydrogens (tertiary/aromatic N) is 1. The molecule has 11 rings (SSSR count). The van der Waals surface area contributed by atoms with E-state index in [1.807, 2.05) is 11.3 Å². The largest absolute Gasteiger partial charge is 0.455 e. The first-order chi connectivity index (χ1) is 27.3. The van der Waals surface area contributed by atoms with E-state index in [1.54, 1.807) is 0 Å². The van der Waals surface area contributed by atoms with E-state index in [0.29, 0.717) is 0 Å². The Balaban J connectivity index is 1.17. The second-order valence-corrected chi connectivity index (χ2v) is 15.1. The van der Waals surface area contributed by atoms with Crippen LogP contribution in [0.3, 0.4) is 0 Å². The number of hydrogen-bond donors (Lipinski definition) is 0. The van der Waals surface area contributed by atoms with E-state index in [1.165, 1.54) is 53.2 Å². The lowest BCUT2D eigenvalue weighted by Gasteiger charge is -2.28. The molecule has 0 amide bonds. The lowest BCUT2D eigenvalue weighted by molar-refractivity contribution is 0.670. The molecule has 0 aliphatic carbocycles. The standard InChI is InChI=1S/C52H33NOS/c1-3-13-34(14-4-1)38-27-30-44-49(33-38)55-48-24-12-22-45(50(44)48)53(39-28-25-37(26-29-39)41-21-11-18-35-17-7-8-19-40(35)41)46-32-31-42(36-15-5-2-6-16-36)52-51(46)43-20-9-10-23-47(43)54-52/h1-33H. The van der Waals surface area contributed by atoms with Crippen molar-refractivity contribution in [2.24, 2.45) is 0 Å². The molecule has 0 aliphatic heterocycles. The van der Waals surface area contributed by atoms with E-state index >= 15 is 0 Å². The van der Waals surface area contributed by atoms with E-state index in [4.69, 9.17) is 4.42 Å². The van der Waals surface area contributed by atoms with Gasteiger partial charge in [-0.3, -0.25) is 0 Å². The van der Waals surface area contributed by atoms with Gasteiger partial charge in [0.1, 0.15) is 11.2 Å². The molecule has 0 spiro atoms. The predicted octanol–water partition coefficient (Wildman–Crippen LogP) is 15.6. The quantitative estimate of drug-likeness (QED) is 0.170. The average molecular weight is 720 g/mol. The van der Waals surface area contributed by atoms with Gasteiger partial charge in [-0.25, -0.2) is 0 Å². The maximum absolute atomic E-state index is 6.79. The molecule has 9 aromatic carbocycles. The zero-order valence-corrected chi connectivity index (χ0v) is 30.6. The fraction of sp³-hybridized carbons (Fsp3) is 0. The molecule has 2 aromatic heterocycles. The highest BCUT2D eigenvalue weighted by atomic mass is 32.1. The molecule has 0 atom stereocenters. The summed E-state index contributed by atoms with van der Waals surface area (Å²) in [5.74, 6) is 0. The van der Waals surface area contributed by atoms with Crippen molar-refractivity contribution in [3.05, 3.63) is 200 Å². The number of hydrogen-bond acceptors (Lipinski definition) is 3. The molecule has 258 valence electrons. The van der Waals surface area contributed by atoms with Crippen LogP contribution >= 0.6 is 11.3 Å². The molecule has 0 bridgehead atoms. The fourth-order valence-corrected chi connectivity index (χ4v) is 9.49. The Morgan fingerprint density at radius 1 is 0.382 bits per heavy atom. The summed E-state index contributed by atoms with van der Waals surface area (Å²) >= 11 is 1.86. The summed E-state index contributed by atoms with van der Waals surface area (Å²) < 4.78 is 9.32. The number of benzene rings is 9. The van der Waals surface area contributed by atoms with Gasteiger partial charge >= 0.3 is 0 Å². The topological polar surface area (TPSA) is 16.4 Å². The molecular weight excluding hydrogens is 687 g/mol. The Hall–Kier alpha value is -6.94. The predicted molar refractivity (Wildman–Crippen MR) is 235 cm³/mol. The summed E-state index contributed by atoms with van der Waals surface area (Å²) in [5.41, 5.74) is 12.1. The molecule has 2 heterocycles. The van der Waals surface area contributed by atoms with E-state index in [9.17, 15) is 0 Å². The molecule has 0 aliphatic rings. The zero-order chi connectivity index (χ0) is 36.3. The molecule has 11 aromatic rings. The molecule has 55 heavy (non-hydrogen) atoms. The van der Waals surface area contributed by atoms with Gasteiger partial charge in [-0.05, 0) is 87.1 Å². The van der Waals surface area contributed by atoms with E-state index < -0.39 is 0 Å². The summed E-state index contributed by atoms with van der Waals surface area (Å²) in [6, 6.07) is 72.1. The van der Waals surface area contributed by atoms with E-state index in [-0.39, 0.29) is 0 Å². The van der Waals surface area contributed by atoms with Gasteiger partial charge in [0.15, 0.2) is 0 Å². The molecule has 3 heteroatoms. The van der Waals surface area contributed by atoms with Crippen LogP contribution in [-0.2, 0) is 0 Å². The highest BCUT2D eigenvalue weighted by molar-refractivity contribution is 7.26. The summed E-state index contributed by atoms with van der Waals surface area (Å²) in [7, 11) is 0. The van der Waals surface area contributed by atoms with Crippen LogP contribution in [0.5, 0.6) is 0 Å². The van der Waals surface area contributed by atoms with Gasteiger partial charge in [-0.15, -0.1) is 11.3 Å². The molecule has 0 saturated carbocycles. The summed E-state index contributed by atoms with van der Waals surface area (Å²) in [6.45, 7) is 0. The Kier molecular flexibility index (Phi) is 7.39. The lowest BCUT2D eigenvalue weighted by atomic mass is 9.97. The number of fused-ring (bicyclic) bond motifs is 7. The number of furan rings is 1. The molecule has 2 nitrogen and oxygen atoms in total. The van der Waals surface area contributed by atoms with Crippen molar-refractivity contribution in [2.45, 2.75) is 0 Å². The van der Waals surface area contributed by atoms with Gasteiger partial charge in [-0.2, -0.15) is 0 Å². The first kappa shape index (κ1) is 31.6. The van der Waals surface area contributed by atoms with E-state index in [0.717, 1.165) is 50.1 Å². The second kappa shape index (κ2) is 12.9. The minimum Gasteiger partial charge on any atom is -0.455 e. The Morgan fingerprint density at radius 3 is 1.87 bits per heavy atom. The smallest absolute Gasteiger partial charge is 0.145 e. The van der Waals surface area contributed by atoms with Crippen molar-refractivity contribution in [3.63, 3.8) is 0 Å². The van der Waals surface area contributed by atoms with Crippen molar-refractivity contribution in [3.8, 4) is 33.4 Å². The minimum absolute atomic E-state index is 0.876. The number of thiophene rings is 1. The van der Waals surface area contributed by atoms with Crippen molar-refractivity contribution in [2.75, 3.05) is 4.90 Å². The molecule has 0 fully saturated rings. The highest BCUT2D eigenvalue weighted by Crippen LogP contribution is 2.50. The van der Waals surface area contributed by atoms with Gasteiger partial charge in [0.25, 0.3) is 0 Å². The van der Waals surface area contributed by atoms with Crippen LogP contribution in [0, 0.1) is 0 Å². The number of anilines is 3. The van der Waals surface area contributed by atoms with Crippen LogP contribution < -0.4 is 4.90 Å². The summed E-state index contributed by atoms with van der Waals surface area (Å²) in [5, 5.41) is 7.18. The number of rotatable bonds is 6. The van der Waals surface area contributed by atoms with Crippen LogP contribution in [0.15, 0.2) is 205 Å². The molecule has 0 N–H and O–H groups in total. The third-order valence-corrected chi connectivity index (χ3v) is 12.0. The van der Waals surface area contributed by atoms with Gasteiger partial charge in [0.2, 0.25) is 0 Å². The molecule has 0 saturated heterocycles. The third-order valence-electron chi connectivity index (χ3n) is 10.9. The maximum Gasteiger partial charge on any atom is 0.145 e. The Morgan fingerprint density at radius 2 is 1.04 bits per heavy atom. The molecule has 0 unspecified atom stereocenters. The van der Waals surface area contributed by atoms with Crippen LogP contribution in [0.4, 0.5) is 17.1 Å². The van der Waals surface area contributed by atoms with Crippen molar-refractivity contribution in [1.29, 1.82) is 0 Å². The van der Waals surface area contributed by atoms with Gasteiger partial charge in [0, 0.05) is 36.8 Å². The first-order valence-corrected chi connectivity index (χ1v) is 19.5. The summed E-state index contributed by atoms with van der Waals surface area (Å²) in [6.07, 6.45) is 0. The molecular formula is C52H33NOS. The van der Waals surface area contributed by atoms with E-state index in [2.05, 4.69) is 205 Å². The maximum atomic E-state index is 6.79. The molecule has 0 radical (unpaired) electrons. The monoisotopic (exact) mass is 719 g/mol. The van der Waals surface area contributed by atoms with Crippen LogP contribution in [0.2, 0.25) is 0 Å². The minimum atomic E-state index is 0.876.